The second-order valence-corrected chi connectivity index (χ2v) is 7.96. The molecular formula is C24H20F3N5O2. The monoisotopic (exact) mass is 467 g/mol. The summed E-state index contributed by atoms with van der Waals surface area (Å²) < 4.78 is 48.0. The Hall–Kier alpha value is -3.79. The highest BCUT2D eigenvalue weighted by Gasteiger charge is 2.34. The van der Waals surface area contributed by atoms with Crippen molar-refractivity contribution in [2.24, 2.45) is 0 Å². The Morgan fingerprint density at radius 3 is 2.59 bits per heavy atom. The number of ether oxygens (including phenoxy) is 1. The summed E-state index contributed by atoms with van der Waals surface area (Å²) in [5.74, 6) is -0.266. The van der Waals surface area contributed by atoms with Crippen LogP contribution < -0.4 is 0 Å². The highest BCUT2D eigenvalue weighted by atomic mass is 19.4. The molecule has 0 radical (unpaired) electrons. The van der Waals surface area contributed by atoms with Crippen molar-refractivity contribution < 1.29 is 22.7 Å². The summed E-state index contributed by atoms with van der Waals surface area (Å²) in [5, 5.41) is 4.84. The third-order valence-electron chi connectivity index (χ3n) is 5.66. The first-order valence-corrected chi connectivity index (χ1v) is 10.7. The van der Waals surface area contributed by atoms with Gasteiger partial charge in [0.15, 0.2) is 5.69 Å². The van der Waals surface area contributed by atoms with Crippen LogP contribution in [0.2, 0.25) is 0 Å². The van der Waals surface area contributed by atoms with Crippen LogP contribution in [0.25, 0.3) is 27.8 Å². The number of nitrogens with zero attached hydrogens (tertiary/aromatic N) is 5. The minimum atomic E-state index is -4.56. The number of aryl methyl sites for hydroxylation is 1. The second-order valence-electron chi connectivity index (χ2n) is 7.96. The van der Waals surface area contributed by atoms with Crippen LogP contribution in [0.5, 0.6) is 0 Å². The van der Waals surface area contributed by atoms with Gasteiger partial charge in [0.1, 0.15) is 0 Å². The lowest BCUT2D eigenvalue weighted by molar-refractivity contribution is -0.136. The number of halogens is 3. The third-order valence-corrected chi connectivity index (χ3v) is 5.66. The molecule has 10 heteroatoms. The van der Waals surface area contributed by atoms with E-state index in [0.717, 1.165) is 6.07 Å². The predicted octanol–water partition coefficient (Wildman–Crippen LogP) is 4.28. The maximum Gasteiger partial charge on any atom is 0.418 e. The van der Waals surface area contributed by atoms with Crippen molar-refractivity contribution in [3.8, 4) is 16.9 Å². The fourth-order valence-electron chi connectivity index (χ4n) is 4.08. The number of fused-ring (bicyclic) bond motifs is 1. The first-order valence-electron chi connectivity index (χ1n) is 10.7. The number of hydrogen-bond acceptors (Lipinski definition) is 5. The minimum absolute atomic E-state index is 0.168. The Balaban J connectivity index is 1.73. The van der Waals surface area contributed by atoms with Gasteiger partial charge in [-0.1, -0.05) is 12.1 Å². The van der Waals surface area contributed by atoms with Crippen molar-refractivity contribution in [3.63, 3.8) is 0 Å². The van der Waals surface area contributed by atoms with Crippen molar-refractivity contribution in [2.45, 2.75) is 13.1 Å². The molecule has 1 fully saturated rings. The van der Waals surface area contributed by atoms with Gasteiger partial charge in [0.25, 0.3) is 5.91 Å². The van der Waals surface area contributed by atoms with Gasteiger partial charge in [-0.3, -0.25) is 14.8 Å². The summed E-state index contributed by atoms with van der Waals surface area (Å²) in [7, 11) is 0. The Kier molecular flexibility index (Phi) is 5.52. The number of alkyl halides is 3. The van der Waals surface area contributed by atoms with Gasteiger partial charge in [-0.05, 0) is 37.3 Å². The lowest BCUT2D eigenvalue weighted by atomic mass is 10.1. The largest absolute Gasteiger partial charge is 0.418 e. The van der Waals surface area contributed by atoms with Crippen molar-refractivity contribution in [3.05, 3.63) is 71.8 Å². The van der Waals surface area contributed by atoms with Gasteiger partial charge in [-0.15, -0.1) is 0 Å². The van der Waals surface area contributed by atoms with E-state index >= 15 is 0 Å². The maximum absolute atomic E-state index is 13.7. The summed E-state index contributed by atoms with van der Waals surface area (Å²) in [4.78, 5) is 23.2. The molecule has 0 bridgehead atoms. The third kappa shape index (κ3) is 4.01. The van der Waals surface area contributed by atoms with Gasteiger partial charge in [0, 0.05) is 42.1 Å². The van der Waals surface area contributed by atoms with E-state index in [1.165, 1.54) is 10.7 Å². The number of morpholine rings is 1. The quantitative estimate of drug-likeness (QED) is 0.450. The molecule has 1 aromatic carbocycles. The number of para-hydroxylation sites is 1. The molecule has 5 rings (SSSR count). The normalized spacial score (nSPS) is 14.5. The Labute approximate surface area is 192 Å². The Bertz CT molecular complexity index is 1360. The molecule has 1 saturated heterocycles. The van der Waals surface area contributed by atoms with Gasteiger partial charge in [-0.2, -0.15) is 18.3 Å². The number of amides is 1. The molecule has 0 spiro atoms. The van der Waals surface area contributed by atoms with E-state index in [4.69, 9.17) is 4.74 Å². The summed E-state index contributed by atoms with van der Waals surface area (Å²) >= 11 is 0. The fraction of sp³-hybridized carbons (Fsp3) is 0.250. The van der Waals surface area contributed by atoms with Crippen molar-refractivity contribution in [1.29, 1.82) is 0 Å². The SMILES string of the molecule is Cc1cc(-n2nc(C(=O)N3CCOCC3)cc2-c2cccnc2)c2cccc(C(F)(F)F)c2n1. The molecule has 0 N–H and O–H groups in total. The van der Waals surface area contributed by atoms with Gasteiger partial charge in [0.2, 0.25) is 0 Å². The van der Waals surface area contributed by atoms with Crippen molar-refractivity contribution in [2.75, 3.05) is 26.3 Å². The van der Waals surface area contributed by atoms with E-state index in [9.17, 15) is 18.0 Å². The van der Waals surface area contributed by atoms with Crippen LogP contribution in [-0.2, 0) is 10.9 Å². The van der Waals surface area contributed by atoms with Crippen molar-refractivity contribution >= 4 is 16.8 Å². The molecule has 0 atom stereocenters. The van der Waals surface area contributed by atoms with Crippen LogP contribution in [0, 0.1) is 6.92 Å². The summed E-state index contributed by atoms with van der Waals surface area (Å²) in [6.07, 6.45) is -1.33. The Morgan fingerprint density at radius 1 is 1.09 bits per heavy atom. The number of carbonyl (C=O) groups excluding carboxylic acids is 1. The van der Waals surface area contributed by atoms with E-state index in [2.05, 4.69) is 15.1 Å². The van der Waals surface area contributed by atoms with Crippen molar-refractivity contribution in [1.82, 2.24) is 24.6 Å². The molecular weight excluding hydrogens is 447 g/mol. The molecule has 1 aliphatic rings. The standard InChI is InChI=1S/C24H20F3N5O2/c1-15-12-21(17-5-2-6-18(22(17)29-15)24(25,26)27)32-20(16-4-3-7-28-14-16)13-19(30-32)23(33)31-8-10-34-11-9-31/h2-7,12-14H,8-11H2,1H3. The van der Waals surface area contributed by atoms with E-state index < -0.39 is 11.7 Å². The molecule has 174 valence electrons. The average molecular weight is 467 g/mol. The molecule has 3 aromatic heterocycles. The van der Waals surface area contributed by atoms with Gasteiger partial charge >= 0.3 is 6.18 Å². The lowest BCUT2D eigenvalue weighted by Crippen LogP contribution is -2.40. The van der Waals surface area contributed by atoms with Crippen LogP contribution in [-0.4, -0.2) is 56.9 Å². The minimum Gasteiger partial charge on any atom is -0.378 e. The van der Waals surface area contributed by atoms with E-state index in [1.54, 1.807) is 54.5 Å². The summed E-state index contributed by atoms with van der Waals surface area (Å²) in [6, 6.07) is 10.8. The van der Waals surface area contributed by atoms with Crippen LogP contribution in [0.3, 0.4) is 0 Å². The zero-order valence-electron chi connectivity index (χ0n) is 18.2. The van der Waals surface area contributed by atoms with Crippen LogP contribution >= 0.6 is 0 Å². The van der Waals surface area contributed by atoms with E-state index in [0.29, 0.717) is 48.9 Å². The number of pyridine rings is 2. The first kappa shape index (κ1) is 22.0. The van der Waals surface area contributed by atoms with Gasteiger partial charge in [-0.25, -0.2) is 4.68 Å². The summed E-state index contributed by atoms with van der Waals surface area (Å²) in [5.41, 5.74) is 1.20. The lowest BCUT2D eigenvalue weighted by Gasteiger charge is -2.25. The number of hydrogen-bond donors (Lipinski definition) is 0. The smallest absolute Gasteiger partial charge is 0.378 e. The summed E-state index contributed by atoms with van der Waals surface area (Å²) in [6.45, 7) is 3.40. The zero-order chi connectivity index (χ0) is 23.9. The molecule has 1 amide bonds. The number of benzene rings is 1. The predicted molar refractivity (Wildman–Crippen MR) is 119 cm³/mol. The maximum atomic E-state index is 13.7. The first-order chi connectivity index (χ1) is 16.3. The zero-order valence-corrected chi connectivity index (χ0v) is 18.2. The number of rotatable bonds is 3. The van der Waals surface area contributed by atoms with E-state index in [-0.39, 0.29) is 22.5 Å². The number of aromatic nitrogens is 4. The van der Waals surface area contributed by atoms with Crippen LogP contribution in [0.15, 0.2) is 54.9 Å². The average Bonchev–Trinajstić information content (AvgIpc) is 3.28. The topological polar surface area (TPSA) is 73.1 Å². The molecule has 7 nitrogen and oxygen atoms in total. The van der Waals surface area contributed by atoms with E-state index in [1.807, 2.05) is 0 Å². The molecule has 0 aliphatic carbocycles. The molecule has 4 aromatic rings. The molecule has 1 aliphatic heterocycles. The van der Waals surface area contributed by atoms with Crippen LogP contribution in [0.4, 0.5) is 13.2 Å². The van der Waals surface area contributed by atoms with Gasteiger partial charge < -0.3 is 9.64 Å². The Morgan fingerprint density at radius 2 is 1.88 bits per heavy atom. The fourth-order valence-corrected chi connectivity index (χ4v) is 4.08. The van der Waals surface area contributed by atoms with Gasteiger partial charge in [0.05, 0.1) is 35.7 Å². The molecule has 0 unspecified atom stereocenters. The highest BCUT2D eigenvalue weighted by molar-refractivity contribution is 5.95. The highest BCUT2D eigenvalue weighted by Crippen LogP contribution is 2.36. The van der Waals surface area contributed by atoms with Crippen LogP contribution in [0.1, 0.15) is 21.7 Å². The molecule has 0 saturated carbocycles. The molecule has 4 heterocycles. The second kappa shape index (κ2) is 8.53. The molecule has 34 heavy (non-hydrogen) atoms. The number of carbonyl (C=O) groups is 1.